The third-order valence-corrected chi connectivity index (χ3v) is 6.40. The minimum Gasteiger partial charge on any atom is -0.325 e. The van der Waals surface area contributed by atoms with Crippen molar-refractivity contribution in [3.8, 4) is 0 Å². The van der Waals surface area contributed by atoms with E-state index in [1.165, 1.54) is 11.8 Å². The average molecular weight is 418 g/mol. The number of thioether (sulfide) groups is 1. The molecule has 0 aliphatic heterocycles. The highest BCUT2D eigenvalue weighted by molar-refractivity contribution is 8.00. The first-order chi connectivity index (χ1) is 14.5. The van der Waals surface area contributed by atoms with E-state index < -0.39 is 5.25 Å². The van der Waals surface area contributed by atoms with E-state index in [1.54, 1.807) is 55.7 Å². The first-order valence-electron chi connectivity index (χ1n) is 9.72. The summed E-state index contributed by atoms with van der Waals surface area (Å²) in [7, 11) is 0. The van der Waals surface area contributed by atoms with Crippen LogP contribution in [0, 0.1) is 0 Å². The van der Waals surface area contributed by atoms with Gasteiger partial charge in [0.15, 0.2) is 16.7 Å². The first kappa shape index (κ1) is 18.7. The number of nitrogens with one attached hydrogen (secondary N) is 1. The monoisotopic (exact) mass is 418 g/mol. The summed E-state index contributed by atoms with van der Waals surface area (Å²) in [4.78, 5) is 38.3. The largest absolute Gasteiger partial charge is 0.325 e. The molecule has 1 saturated carbocycles. The maximum Gasteiger partial charge on any atom is 0.237 e. The van der Waals surface area contributed by atoms with Crippen molar-refractivity contribution in [3.63, 3.8) is 0 Å². The van der Waals surface area contributed by atoms with Crippen LogP contribution in [-0.4, -0.2) is 37.5 Å². The van der Waals surface area contributed by atoms with Crippen LogP contribution in [0.1, 0.15) is 57.7 Å². The smallest absolute Gasteiger partial charge is 0.237 e. The second-order valence-corrected chi connectivity index (χ2v) is 8.77. The van der Waals surface area contributed by atoms with Crippen molar-refractivity contribution in [2.45, 2.75) is 36.2 Å². The van der Waals surface area contributed by atoms with E-state index in [0.717, 1.165) is 18.0 Å². The molecule has 1 atom stereocenters. The highest BCUT2D eigenvalue weighted by atomic mass is 32.2. The number of aromatic nitrogens is 3. The molecule has 0 radical (unpaired) electrons. The van der Waals surface area contributed by atoms with Gasteiger partial charge >= 0.3 is 0 Å². The van der Waals surface area contributed by atoms with Crippen molar-refractivity contribution >= 4 is 34.9 Å². The summed E-state index contributed by atoms with van der Waals surface area (Å²) < 4.78 is 2.01. The van der Waals surface area contributed by atoms with E-state index in [1.807, 2.05) is 4.57 Å². The number of fused-ring (bicyclic) bond motifs is 2. The van der Waals surface area contributed by atoms with Crippen LogP contribution in [0.4, 0.5) is 5.69 Å². The number of nitrogens with zero attached hydrogens (tertiary/aromatic N) is 3. The second-order valence-electron chi connectivity index (χ2n) is 7.47. The summed E-state index contributed by atoms with van der Waals surface area (Å²) >= 11 is 1.35. The van der Waals surface area contributed by atoms with E-state index in [-0.39, 0.29) is 17.5 Å². The Kier molecular flexibility index (Phi) is 4.51. The van der Waals surface area contributed by atoms with Gasteiger partial charge in [-0.05, 0) is 38.0 Å². The van der Waals surface area contributed by atoms with Crippen molar-refractivity contribution < 1.29 is 14.4 Å². The molecule has 1 fully saturated rings. The molecule has 0 unspecified atom stereocenters. The number of anilines is 1. The summed E-state index contributed by atoms with van der Waals surface area (Å²) in [5.41, 5.74) is 1.95. The molecule has 2 aromatic carbocycles. The Labute approximate surface area is 176 Å². The van der Waals surface area contributed by atoms with Gasteiger partial charge in [-0.2, -0.15) is 0 Å². The van der Waals surface area contributed by atoms with Crippen molar-refractivity contribution in [2.24, 2.45) is 0 Å². The molecule has 1 aromatic heterocycles. The van der Waals surface area contributed by atoms with Crippen LogP contribution in [0.25, 0.3) is 0 Å². The normalized spacial score (nSPS) is 16.0. The molecule has 2 aliphatic rings. The number of carbonyl (C=O) groups excluding carboxylic acids is 3. The summed E-state index contributed by atoms with van der Waals surface area (Å²) in [6.45, 7) is 1.80. The van der Waals surface area contributed by atoms with E-state index >= 15 is 0 Å². The number of amides is 1. The molecule has 0 saturated heterocycles. The minimum absolute atomic E-state index is 0.179. The lowest BCUT2D eigenvalue weighted by atomic mass is 9.84. The van der Waals surface area contributed by atoms with Crippen LogP contribution >= 0.6 is 11.8 Å². The van der Waals surface area contributed by atoms with E-state index in [0.29, 0.717) is 34.0 Å². The summed E-state index contributed by atoms with van der Waals surface area (Å²) in [6, 6.07) is 12.1. The standard InChI is InChI=1S/C22H18N4O3S/c1-12(30-22-25-23-11-26(22)14-7-8-14)21(29)24-13-6-9-17-18(10-13)20(28)16-5-3-2-4-15(16)19(17)27/h2-6,9-12,14H,7-8H2,1H3,(H,24,29)/t12-/m1/s1. The fraction of sp³-hybridized carbons (Fsp3) is 0.227. The quantitative estimate of drug-likeness (QED) is 0.499. The van der Waals surface area contributed by atoms with Crippen molar-refractivity contribution in [1.82, 2.24) is 14.8 Å². The van der Waals surface area contributed by atoms with Gasteiger partial charge in [-0.15, -0.1) is 10.2 Å². The third-order valence-electron chi connectivity index (χ3n) is 5.32. The van der Waals surface area contributed by atoms with Crippen LogP contribution in [0.5, 0.6) is 0 Å². The number of benzene rings is 2. The van der Waals surface area contributed by atoms with Crippen LogP contribution in [0.15, 0.2) is 53.9 Å². The van der Waals surface area contributed by atoms with Crippen LogP contribution in [-0.2, 0) is 4.79 Å². The third kappa shape index (κ3) is 3.23. The molecule has 0 bridgehead atoms. The SMILES string of the molecule is C[C@@H](Sc1nncn1C1CC1)C(=O)Nc1ccc2c(c1)C(=O)c1ccccc1C2=O. The first-order valence-corrected chi connectivity index (χ1v) is 10.6. The molecule has 8 heteroatoms. The van der Waals surface area contributed by atoms with E-state index in [4.69, 9.17) is 0 Å². The molecule has 7 nitrogen and oxygen atoms in total. The zero-order valence-corrected chi connectivity index (χ0v) is 17.0. The molecule has 30 heavy (non-hydrogen) atoms. The lowest BCUT2D eigenvalue weighted by Gasteiger charge is -2.18. The predicted molar refractivity (Wildman–Crippen MR) is 112 cm³/mol. The Bertz CT molecular complexity index is 1200. The minimum atomic E-state index is -0.402. The van der Waals surface area contributed by atoms with Gasteiger partial charge in [-0.25, -0.2) is 0 Å². The maximum atomic E-state index is 12.9. The number of carbonyl (C=O) groups is 3. The molecule has 5 rings (SSSR count). The van der Waals surface area contributed by atoms with Gasteiger partial charge in [0.05, 0.1) is 5.25 Å². The molecular formula is C22H18N4O3S. The highest BCUT2D eigenvalue weighted by Gasteiger charge is 2.30. The Morgan fingerprint density at radius 2 is 1.73 bits per heavy atom. The van der Waals surface area contributed by atoms with Gasteiger partial charge in [0.25, 0.3) is 0 Å². The van der Waals surface area contributed by atoms with Gasteiger partial charge in [0.2, 0.25) is 5.91 Å². The topological polar surface area (TPSA) is 93.9 Å². The summed E-state index contributed by atoms with van der Waals surface area (Å²) in [5.74, 6) is -0.599. The highest BCUT2D eigenvalue weighted by Crippen LogP contribution is 2.38. The van der Waals surface area contributed by atoms with E-state index in [2.05, 4.69) is 15.5 Å². The van der Waals surface area contributed by atoms with Crippen LogP contribution in [0.3, 0.4) is 0 Å². The predicted octanol–water partition coefficient (Wildman–Crippen LogP) is 3.51. The lowest BCUT2D eigenvalue weighted by molar-refractivity contribution is -0.115. The molecule has 0 spiro atoms. The maximum absolute atomic E-state index is 12.9. The zero-order chi connectivity index (χ0) is 20.8. The Morgan fingerprint density at radius 3 is 2.43 bits per heavy atom. The molecule has 3 aromatic rings. The zero-order valence-electron chi connectivity index (χ0n) is 16.2. The summed E-state index contributed by atoms with van der Waals surface area (Å²) in [5, 5.41) is 11.2. The van der Waals surface area contributed by atoms with Crippen LogP contribution < -0.4 is 5.32 Å². The molecule has 1 amide bonds. The Balaban J connectivity index is 1.34. The Hall–Kier alpha value is -3.26. The van der Waals surface area contributed by atoms with Gasteiger partial charge in [-0.3, -0.25) is 14.4 Å². The fourth-order valence-corrected chi connectivity index (χ4v) is 4.45. The van der Waals surface area contributed by atoms with Crippen molar-refractivity contribution in [1.29, 1.82) is 0 Å². The number of rotatable bonds is 5. The van der Waals surface area contributed by atoms with Crippen molar-refractivity contribution in [3.05, 3.63) is 71.0 Å². The van der Waals surface area contributed by atoms with Gasteiger partial charge in [0.1, 0.15) is 6.33 Å². The average Bonchev–Trinajstić information content (AvgIpc) is 3.50. The van der Waals surface area contributed by atoms with Gasteiger partial charge in [-0.1, -0.05) is 36.0 Å². The van der Waals surface area contributed by atoms with Gasteiger partial charge in [0, 0.05) is 34.0 Å². The van der Waals surface area contributed by atoms with Crippen LogP contribution in [0.2, 0.25) is 0 Å². The lowest BCUT2D eigenvalue weighted by Crippen LogP contribution is -2.24. The van der Waals surface area contributed by atoms with E-state index in [9.17, 15) is 14.4 Å². The molecular weight excluding hydrogens is 400 g/mol. The molecule has 2 aliphatic carbocycles. The second kappa shape index (κ2) is 7.21. The fourth-order valence-electron chi connectivity index (χ4n) is 3.55. The van der Waals surface area contributed by atoms with Gasteiger partial charge < -0.3 is 9.88 Å². The number of ketones is 2. The summed E-state index contributed by atoms with van der Waals surface area (Å²) in [6.07, 6.45) is 3.92. The molecule has 1 heterocycles. The van der Waals surface area contributed by atoms with Crippen molar-refractivity contribution in [2.75, 3.05) is 5.32 Å². The Morgan fingerprint density at radius 1 is 1.07 bits per heavy atom. The number of hydrogen-bond acceptors (Lipinski definition) is 6. The number of hydrogen-bond donors (Lipinski definition) is 1. The molecule has 150 valence electrons. The molecule has 1 N–H and O–H groups in total.